The van der Waals surface area contributed by atoms with Gasteiger partial charge in [-0.25, -0.2) is 15.0 Å². The second-order valence-corrected chi connectivity index (χ2v) is 4.06. The Morgan fingerprint density at radius 2 is 2.28 bits per heavy atom. The summed E-state index contributed by atoms with van der Waals surface area (Å²) in [6.45, 7) is 1.12. The Hall–Kier alpha value is -1.30. The number of fused-ring (bicyclic) bond motifs is 1. The third kappa shape index (κ3) is 2.75. The summed E-state index contributed by atoms with van der Waals surface area (Å²) in [4.78, 5) is 12.3. The maximum absolute atomic E-state index is 5.73. The van der Waals surface area contributed by atoms with E-state index in [1.54, 1.807) is 13.4 Å². The fraction of sp³-hybridized carbons (Fsp3) is 0.500. The molecule has 0 aliphatic carbocycles. The molecule has 0 aliphatic rings. The number of anilines is 1. The van der Waals surface area contributed by atoms with E-state index < -0.39 is 0 Å². The number of ether oxygens (including phenoxy) is 2. The van der Waals surface area contributed by atoms with Crippen molar-refractivity contribution in [2.45, 2.75) is 12.6 Å². The number of hydrogen-bond acceptors (Lipinski definition) is 6. The van der Waals surface area contributed by atoms with E-state index in [9.17, 15) is 0 Å². The first-order valence-electron chi connectivity index (χ1n) is 5.48. The summed E-state index contributed by atoms with van der Waals surface area (Å²) in [5.74, 6) is 0.383. The lowest BCUT2D eigenvalue weighted by Gasteiger charge is -2.15. The zero-order valence-corrected chi connectivity index (χ0v) is 11.3. The summed E-state index contributed by atoms with van der Waals surface area (Å²) >= 11 is 0. The van der Waals surface area contributed by atoms with Crippen molar-refractivity contribution >= 4 is 26.2 Å². The summed E-state index contributed by atoms with van der Waals surface area (Å²) in [6.07, 6.45) is 3.64. The topological polar surface area (TPSA) is 88.1 Å². The van der Waals surface area contributed by atoms with Crippen molar-refractivity contribution in [3.8, 4) is 0 Å². The first kappa shape index (κ1) is 13.1. The molecule has 8 heteroatoms. The van der Waals surface area contributed by atoms with Gasteiger partial charge in [-0.05, 0) is 0 Å². The highest BCUT2D eigenvalue weighted by atomic mass is 31.0. The SMILES string of the molecule is COC(COCP)Cn1cnc2c(N)ncnc21. The minimum atomic E-state index is -0.0564. The second-order valence-electron chi connectivity index (χ2n) is 3.72. The van der Waals surface area contributed by atoms with Crippen molar-refractivity contribution in [1.29, 1.82) is 0 Å². The highest BCUT2D eigenvalue weighted by Gasteiger charge is 2.13. The molecule has 0 fully saturated rings. The van der Waals surface area contributed by atoms with Gasteiger partial charge in [0.05, 0.1) is 31.9 Å². The summed E-state index contributed by atoms with van der Waals surface area (Å²) in [6, 6.07) is 0. The van der Waals surface area contributed by atoms with Gasteiger partial charge in [-0.1, -0.05) is 0 Å². The smallest absolute Gasteiger partial charge is 0.165 e. The van der Waals surface area contributed by atoms with Crippen LogP contribution in [-0.2, 0) is 16.0 Å². The van der Waals surface area contributed by atoms with Crippen LogP contribution in [0.2, 0.25) is 0 Å². The highest BCUT2D eigenvalue weighted by Crippen LogP contribution is 2.14. The van der Waals surface area contributed by atoms with E-state index in [0.29, 0.717) is 36.5 Å². The number of methoxy groups -OCH3 is 1. The van der Waals surface area contributed by atoms with Crippen molar-refractivity contribution in [1.82, 2.24) is 19.5 Å². The van der Waals surface area contributed by atoms with Gasteiger partial charge in [-0.3, -0.25) is 0 Å². The predicted octanol–water partition coefficient (Wildman–Crippen LogP) is 0.273. The number of nitrogens with two attached hydrogens (primary N) is 1. The molecule has 98 valence electrons. The molecule has 0 saturated heterocycles. The Balaban J connectivity index is 2.18. The molecule has 2 rings (SSSR count). The third-order valence-electron chi connectivity index (χ3n) is 2.58. The van der Waals surface area contributed by atoms with E-state index in [1.807, 2.05) is 4.57 Å². The van der Waals surface area contributed by atoms with Gasteiger partial charge in [0.2, 0.25) is 0 Å². The van der Waals surface area contributed by atoms with Crippen LogP contribution in [0.3, 0.4) is 0 Å². The average molecular weight is 269 g/mol. The molecule has 0 amide bonds. The Morgan fingerprint density at radius 1 is 1.44 bits per heavy atom. The van der Waals surface area contributed by atoms with Gasteiger partial charge in [-0.2, -0.15) is 0 Å². The molecule has 2 unspecified atom stereocenters. The minimum Gasteiger partial charge on any atom is -0.382 e. The number of imidazole rings is 1. The van der Waals surface area contributed by atoms with Crippen molar-refractivity contribution in [3.05, 3.63) is 12.7 Å². The molecule has 2 aromatic heterocycles. The largest absolute Gasteiger partial charge is 0.382 e. The molecule has 7 nitrogen and oxygen atoms in total. The molecule has 0 aromatic carbocycles. The van der Waals surface area contributed by atoms with Crippen LogP contribution < -0.4 is 5.73 Å². The van der Waals surface area contributed by atoms with Gasteiger partial charge >= 0.3 is 0 Å². The first-order valence-corrected chi connectivity index (χ1v) is 6.29. The van der Waals surface area contributed by atoms with E-state index in [4.69, 9.17) is 15.2 Å². The van der Waals surface area contributed by atoms with Crippen LogP contribution in [0, 0.1) is 0 Å². The van der Waals surface area contributed by atoms with Gasteiger partial charge < -0.3 is 19.8 Å². The lowest BCUT2D eigenvalue weighted by Crippen LogP contribution is -2.24. The highest BCUT2D eigenvalue weighted by molar-refractivity contribution is 7.16. The third-order valence-corrected chi connectivity index (χ3v) is 2.82. The van der Waals surface area contributed by atoms with E-state index >= 15 is 0 Å². The fourth-order valence-electron chi connectivity index (χ4n) is 1.65. The summed E-state index contributed by atoms with van der Waals surface area (Å²) in [5.41, 5.74) is 7.04. The Bertz CT molecular complexity index is 518. The quantitative estimate of drug-likeness (QED) is 0.757. The van der Waals surface area contributed by atoms with Crippen molar-refractivity contribution in [3.63, 3.8) is 0 Å². The molecule has 0 aliphatic heterocycles. The number of nitrogens with zero attached hydrogens (tertiary/aromatic N) is 4. The molecule has 2 N–H and O–H groups in total. The lowest BCUT2D eigenvalue weighted by atomic mass is 10.3. The molecule has 0 bridgehead atoms. The number of hydrogen-bond donors (Lipinski definition) is 1. The van der Waals surface area contributed by atoms with Crippen LogP contribution in [-0.4, -0.2) is 45.7 Å². The van der Waals surface area contributed by atoms with E-state index in [2.05, 4.69) is 24.2 Å². The van der Waals surface area contributed by atoms with Crippen molar-refractivity contribution < 1.29 is 9.47 Å². The van der Waals surface area contributed by atoms with Gasteiger partial charge in [-0.15, -0.1) is 9.24 Å². The molecule has 0 spiro atoms. The molecular formula is C10H16N5O2P. The molecule has 18 heavy (non-hydrogen) atoms. The van der Waals surface area contributed by atoms with E-state index in [0.717, 1.165) is 0 Å². The molecule has 2 atom stereocenters. The molecule has 2 heterocycles. The molecular weight excluding hydrogens is 253 g/mol. The number of aromatic nitrogens is 4. The minimum absolute atomic E-state index is 0.0564. The van der Waals surface area contributed by atoms with E-state index in [1.165, 1.54) is 6.33 Å². The first-order chi connectivity index (χ1) is 8.76. The van der Waals surface area contributed by atoms with Crippen LogP contribution in [0.25, 0.3) is 11.2 Å². The Labute approximate surface area is 107 Å². The Kier molecular flexibility index (Phi) is 4.41. The van der Waals surface area contributed by atoms with Gasteiger partial charge in [0.15, 0.2) is 11.5 Å². The second kappa shape index (κ2) is 6.04. The van der Waals surface area contributed by atoms with Crippen LogP contribution in [0.1, 0.15) is 0 Å². The summed E-state index contributed by atoms with van der Waals surface area (Å²) < 4.78 is 12.5. The summed E-state index contributed by atoms with van der Waals surface area (Å²) in [5, 5.41) is 0. The molecule has 2 aromatic rings. The van der Waals surface area contributed by atoms with Crippen LogP contribution in [0.4, 0.5) is 5.82 Å². The molecule has 0 radical (unpaired) electrons. The Morgan fingerprint density at radius 3 is 3.00 bits per heavy atom. The molecule has 0 saturated carbocycles. The van der Waals surface area contributed by atoms with Crippen LogP contribution in [0.5, 0.6) is 0 Å². The predicted molar refractivity (Wildman–Crippen MR) is 71.1 cm³/mol. The number of nitrogen functional groups attached to an aromatic ring is 1. The fourth-order valence-corrected chi connectivity index (χ4v) is 1.78. The standard InChI is InChI=1S/C10H16N5O2P/c1-16-7(3-17-6-18)2-15-5-14-8-9(11)12-4-13-10(8)15/h4-5,7H,2-3,6,18H2,1H3,(H2,11,12,13). The van der Waals surface area contributed by atoms with Gasteiger partial charge in [0, 0.05) is 7.11 Å². The number of rotatable bonds is 6. The monoisotopic (exact) mass is 269 g/mol. The van der Waals surface area contributed by atoms with Gasteiger partial charge in [0.1, 0.15) is 11.8 Å². The van der Waals surface area contributed by atoms with Gasteiger partial charge in [0.25, 0.3) is 0 Å². The van der Waals surface area contributed by atoms with Crippen molar-refractivity contribution in [2.75, 3.05) is 25.8 Å². The maximum Gasteiger partial charge on any atom is 0.165 e. The zero-order chi connectivity index (χ0) is 13.0. The maximum atomic E-state index is 5.73. The zero-order valence-electron chi connectivity index (χ0n) is 10.1. The van der Waals surface area contributed by atoms with Crippen LogP contribution >= 0.6 is 9.24 Å². The summed E-state index contributed by atoms with van der Waals surface area (Å²) in [7, 11) is 4.16. The van der Waals surface area contributed by atoms with Crippen LogP contribution in [0.15, 0.2) is 12.7 Å². The van der Waals surface area contributed by atoms with Crippen molar-refractivity contribution in [2.24, 2.45) is 0 Å². The normalized spacial score (nSPS) is 13.0. The average Bonchev–Trinajstić information content (AvgIpc) is 2.79. The lowest BCUT2D eigenvalue weighted by molar-refractivity contribution is 0.0144. The van der Waals surface area contributed by atoms with E-state index in [-0.39, 0.29) is 6.10 Å².